The summed E-state index contributed by atoms with van der Waals surface area (Å²) >= 11 is 0. The maximum Gasteiger partial charge on any atom is 0.138 e. The van der Waals surface area contributed by atoms with E-state index < -0.39 is 0 Å². The van der Waals surface area contributed by atoms with Gasteiger partial charge < -0.3 is 19.4 Å². The zero-order valence-electron chi connectivity index (χ0n) is 14.4. The van der Waals surface area contributed by atoms with Crippen LogP contribution in [0.2, 0.25) is 0 Å². The van der Waals surface area contributed by atoms with Gasteiger partial charge in [0.25, 0.3) is 0 Å². The van der Waals surface area contributed by atoms with Crippen LogP contribution in [-0.4, -0.2) is 31.9 Å². The van der Waals surface area contributed by atoms with Gasteiger partial charge in [0.2, 0.25) is 0 Å². The van der Waals surface area contributed by atoms with E-state index in [1.807, 2.05) is 6.07 Å². The number of hydrogen-bond acceptors (Lipinski definition) is 3. The Bertz CT molecular complexity index is 933. The molecule has 1 aliphatic heterocycles. The van der Waals surface area contributed by atoms with E-state index >= 15 is 0 Å². The molecule has 4 rings (SSSR count). The summed E-state index contributed by atoms with van der Waals surface area (Å²) in [7, 11) is 3.06. The summed E-state index contributed by atoms with van der Waals surface area (Å²) in [6.45, 7) is 2.86. The number of hydrogen-bond donors (Lipinski definition) is 1. The molecule has 3 aromatic rings. The molecule has 0 radical (unpaired) electrons. The van der Waals surface area contributed by atoms with E-state index in [9.17, 15) is 4.39 Å². The van der Waals surface area contributed by atoms with Gasteiger partial charge in [0, 0.05) is 49.4 Å². The Morgan fingerprint density at radius 2 is 1.92 bits per heavy atom. The van der Waals surface area contributed by atoms with E-state index in [0.717, 1.165) is 37.1 Å². The van der Waals surface area contributed by atoms with Crippen molar-refractivity contribution in [1.29, 1.82) is 0 Å². The van der Waals surface area contributed by atoms with Crippen LogP contribution in [0.3, 0.4) is 0 Å². The van der Waals surface area contributed by atoms with Crippen LogP contribution >= 0.6 is 0 Å². The number of nitrogens with zero attached hydrogens (tertiary/aromatic N) is 1. The summed E-state index contributed by atoms with van der Waals surface area (Å²) in [5, 5.41) is 4.61. The Balaban J connectivity index is 1.89. The summed E-state index contributed by atoms with van der Waals surface area (Å²) in [5.41, 5.74) is 3.72. The topological polar surface area (TPSA) is 35.4 Å². The first kappa shape index (κ1) is 16.0. The van der Waals surface area contributed by atoms with Crippen molar-refractivity contribution in [3.05, 3.63) is 47.9 Å². The minimum atomic E-state index is -0.347. The van der Waals surface area contributed by atoms with E-state index in [0.29, 0.717) is 17.1 Å². The van der Waals surface area contributed by atoms with Crippen molar-refractivity contribution in [2.75, 3.05) is 27.3 Å². The summed E-state index contributed by atoms with van der Waals surface area (Å²) < 4.78 is 27.6. The fourth-order valence-corrected chi connectivity index (χ4v) is 3.59. The SMILES string of the molecule is COc1cc(F)c(-c2ccc3cc4n(c3c2)CCNCC4)c(OC)c1. The van der Waals surface area contributed by atoms with Crippen molar-refractivity contribution in [2.45, 2.75) is 13.0 Å². The number of aromatic nitrogens is 1. The van der Waals surface area contributed by atoms with Crippen LogP contribution in [0.25, 0.3) is 22.0 Å². The van der Waals surface area contributed by atoms with Crippen LogP contribution < -0.4 is 14.8 Å². The van der Waals surface area contributed by atoms with Crippen LogP contribution in [0.4, 0.5) is 4.39 Å². The lowest BCUT2D eigenvalue weighted by Gasteiger charge is -2.13. The summed E-state index contributed by atoms with van der Waals surface area (Å²) in [6, 6.07) is 11.4. The summed E-state index contributed by atoms with van der Waals surface area (Å²) in [5.74, 6) is 0.571. The van der Waals surface area contributed by atoms with Gasteiger partial charge in [-0.2, -0.15) is 0 Å². The van der Waals surface area contributed by atoms with Gasteiger partial charge in [-0.15, -0.1) is 0 Å². The molecule has 0 aliphatic carbocycles. The highest BCUT2D eigenvalue weighted by Gasteiger charge is 2.17. The predicted octanol–water partition coefficient (Wildman–Crippen LogP) is 3.61. The largest absolute Gasteiger partial charge is 0.497 e. The van der Waals surface area contributed by atoms with E-state index in [-0.39, 0.29) is 5.82 Å². The smallest absolute Gasteiger partial charge is 0.138 e. The zero-order valence-corrected chi connectivity index (χ0v) is 14.4. The van der Waals surface area contributed by atoms with E-state index in [1.165, 1.54) is 24.3 Å². The van der Waals surface area contributed by atoms with Crippen molar-refractivity contribution >= 4 is 10.9 Å². The average Bonchev–Trinajstić information content (AvgIpc) is 2.81. The van der Waals surface area contributed by atoms with Crippen molar-refractivity contribution in [3.63, 3.8) is 0 Å². The first-order valence-corrected chi connectivity index (χ1v) is 8.46. The standard InChI is InChI=1S/C20H21FN2O2/c1-24-16-11-17(21)20(19(12-16)25-2)14-4-3-13-9-15-5-6-22-7-8-23(15)18(13)10-14/h3-4,9-12,22H,5-8H2,1-2H3. The molecule has 0 bridgehead atoms. The summed E-state index contributed by atoms with van der Waals surface area (Å²) in [4.78, 5) is 0. The fraction of sp³-hybridized carbons (Fsp3) is 0.300. The highest BCUT2D eigenvalue weighted by atomic mass is 19.1. The van der Waals surface area contributed by atoms with Crippen LogP contribution in [0.5, 0.6) is 11.5 Å². The second-order valence-corrected chi connectivity index (χ2v) is 6.25. The molecule has 0 amide bonds. The summed E-state index contributed by atoms with van der Waals surface area (Å²) in [6.07, 6.45) is 1.00. The van der Waals surface area contributed by atoms with Crippen LogP contribution in [-0.2, 0) is 13.0 Å². The van der Waals surface area contributed by atoms with Crippen LogP contribution in [0.1, 0.15) is 5.69 Å². The molecule has 0 fully saturated rings. The van der Waals surface area contributed by atoms with E-state index in [2.05, 4.69) is 28.1 Å². The number of halogens is 1. The molecule has 1 aromatic heterocycles. The zero-order chi connectivity index (χ0) is 17.4. The van der Waals surface area contributed by atoms with Crippen molar-refractivity contribution in [2.24, 2.45) is 0 Å². The monoisotopic (exact) mass is 340 g/mol. The number of ether oxygens (including phenoxy) is 2. The molecular formula is C20H21FN2O2. The van der Waals surface area contributed by atoms with Gasteiger partial charge in [-0.25, -0.2) is 4.39 Å². The Labute approximate surface area is 146 Å². The number of nitrogens with one attached hydrogen (secondary N) is 1. The van der Waals surface area contributed by atoms with Crippen LogP contribution in [0, 0.1) is 5.82 Å². The molecule has 2 aromatic carbocycles. The highest BCUT2D eigenvalue weighted by molar-refractivity contribution is 5.88. The first-order chi connectivity index (χ1) is 12.2. The van der Waals surface area contributed by atoms with Gasteiger partial charge in [-0.1, -0.05) is 12.1 Å². The lowest BCUT2D eigenvalue weighted by atomic mass is 10.0. The van der Waals surface area contributed by atoms with Gasteiger partial charge in [-0.05, 0) is 23.1 Å². The Kier molecular flexibility index (Phi) is 4.09. The minimum absolute atomic E-state index is 0.347. The lowest BCUT2D eigenvalue weighted by Crippen LogP contribution is -2.17. The molecule has 2 heterocycles. The Morgan fingerprint density at radius 1 is 1.04 bits per heavy atom. The van der Waals surface area contributed by atoms with Gasteiger partial charge in [-0.3, -0.25) is 0 Å². The first-order valence-electron chi connectivity index (χ1n) is 8.46. The molecule has 0 spiro atoms. The third kappa shape index (κ3) is 2.74. The van der Waals surface area contributed by atoms with Crippen molar-refractivity contribution in [1.82, 2.24) is 9.88 Å². The number of fused-ring (bicyclic) bond motifs is 3. The number of benzene rings is 2. The maximum atomic E-state index is 14.7. The third-order valence-corrected chi connectivity index (χ3v) is 4.83. The van der Waals surface area contributed by atoms with Gasteiger partial charge in [0.15, 0.2) is 0 Å². The maximum absolute atomic E-state index is 14.7. The molecule has 4 nitrogen and oxygen atoms in total. The highest BCUT2D eigenvalue weighted by Crippen LogP contribution is 2.37. The van der Waals surface area contributed by atoms with Crippen molar-refractivity contribution < 1.29 is 13.9 Å². The number of methoxy groups -OCH3 is 2. The second-order valence-electron chi connectivity index (χ2n) is 6.25. The molecule has 1 N–H and O–H groups in total. The van der Waals surface area contributed by atoms with Crippen LogP contribution in [0.15, 0.2) is 36.4 Å². The molecule has 5 heteroatoms. The van der Waals surface area contributed by atoms with Gasteiger partial charge >= 0.3 is 0 Å². The quantitative estimate of drug-likeness (QED) is 0.791. The third-order valence-electron chi connectivity index (χ3n) is 4.83. The van der Waals surface area contributed by atoms with Crippen molar-refractivity contribution in [3.8, 4) is 22.6 Å². The van der Waals surface area contributed by atoms with E-state index in [4.69, 9.17) is 9.47 Å². The second kappa shape index (κ2) is 6.41. The number of rotatable bonds is 3. The average molecular weight is 340 g/mol. The molecule has 1 aliphatic rings. The molecule has 0 unspecified atom stereocenters. The lowest BCUT2D eigenvalue weighted by molar-refractivity contribution is 0.390. The Hall–Kier alpha value is -2.53. The van der Waals surface area contributed by atoms with Gasteiger partial charge in [0.05, 0.1) is 19.8 Å². The minimum Gasteiger partial charge on any atom is -0.497 e. The molecule has 0 saturated carbocycles. The Morgan fingerprint density at radius 3 is 2.72 bits per heavy atom. The molecule has 130 valence electrons. The predicted molar refractivity (Wildman–Crippen MR) is 97.0 cm³/mol. The normalized spacial score (nSPS) is 14.2. The van der Waals surface area contributed by atoms with E-state index in [1.54, 1.807) is 13.2 Å². The molecular weight excluding hydrogens is 319 g/mol. The molecule has 0 atom stereocenters. The molecule has 25 heavy (non-hydrogen) atoms. The fourth-order valence-electron chi connectivity index (χ4n) is 3.59. The molecule has 0 saturated heterocycles. The van der Waals surface area contributed by atoms with Gasteiger partial charge in [0.1, 0.15) is 17.3 Å².